The van der Waals surface area contributed by atoms with Crippen LogP contribution in [0, 0.1) is 0 Å². The molecule has 0 aliphatic carbocycles. The Morgan fingerprint density at radius 3 is 2.76 bits per heavy atom. The number of hydrogen-bond donors (Lipinski definition) is 3. The average Bonchev–Trinajstić information content (AvgIpc) is 3.03. The molecule has 5 nitrogen and oxygen atoms in total. The number of carbonyl (C=O) groups excluding carboxylic acids is 1. The molecule has 0 atom stereocenters. The Kier molecular flexibility index (Phi) is 7.02. The van der Waals surface area contributed by atoms with Crippen LogP contribution in [-0.2, 0) is 19.4 Å². The lowest BCUT2D eigenvalue weighted by atomic mass is 10.0. The zero-order valence-corrected chi connectivity index (χ0v) is 15.7. The number of nitrogens with zero attached hydrogens (tertiary/aromatic N) is 1. The van der Waals surface area contributed by atoms with Crippen LogP contribution in [0.3, 0.4) is 0 Å². The lowest BCUT2D eigenvalue weighted by Gasteiger charge is -2.12. The van der Waals surface area contributed by atoms with E-state index in [1.54, 1.807) is 0 Å². The first kappa shape index (κ1) is 19.5. The van der Waals surface area contributed by atoms with Gasteiger partial charge in [-0.2, -0.15) is 5.10 Å². The number of H-pyrrole nitrogens is 1. The quantitative estimate of drug-likeness (QED) is 0.692. The fourth-order valence-electron chi connectivity index (χ4n) is 3.06. The first-order chi connectivity index (χ1) is 11.6. The minimum Gasteiger partial charge on any atom is -0.351 e. The molecule has 3 N–H and O–H groups in total. The van der Waals surface area contributed by atoms with E-state index in [1.165, 1.54) is 11.1 Å². The van der Waals surface area contributed by atoms with Crippen molar-refractivity contribution in [2.24, 2.45) is 0 Å². The Labute approximate surface area is 155 Å². The third-order valence-electron chi connectivity index (χ3n) is 4.60. The number of aryl methyl sites for hydroxylation is 1. The molecule has 1 aromatic heterocycles. The summed E-state index contributed by atoms with van der Waals surface area (Å²) in [6, 6.07) is 8.77. The second-order valence-corrected chi connectivity index (χ2v) is 6.71. The van der Waals surface area contributed by atoms with E-state index in [2.05, 4.69) is 58.9 Å². The molecule has 0 spiro atoms. The molecule has 0 saturated carbocycles. The van der Waals surface area contributed by atoms with Crippen LogP contribution in [0.2, 0.25) is 0 Å². The lowest BCUT2D eigenvalue weighted by molar-refractivity contribution is 0.0947. The van der Waals surface area contributed by atoms with Crippen molar-refractivity contribution in [3.63, 3.8) is 0 Å². The van der Waals surface area contributed by atoms with Crippen molar-refractivity contribution in [1.29, 1.82) is 0 Å². The van der Waals surface area contributed by atoms with Crippen molar-refractivity contribution in [2.75, 3.05) is 13.1 Å². The summed E-state index contributed by atoms with van der Waals surface area (Å²) in [7, 11) is 0. The third kappa shape index (κ3) is 4.83. The SMILES string of the molecule is CC(C)c1ccc(CCCNC(=O)c2n[nH]c3c2CNCC3)cc1.Cl. The molecule has 2 heterocycles. The van der Waals surface area contributed by atoms with E-state index in [-0.39, 0.29) is 18.3 Å². The van der Waals surface area contributed by atoms with Crippen molar-refractivity contribution in [3.05, 3.63) is 52.3 Å². The first-order valence-electron chi connectivity index (χ1n) is 8.79. The molecule has 2 aromatic rings. The summed E-state index contributed by atoms with van der Waals surface area (Å²) in [4.78, 5) is 12.3. The Bertz CT molecular complexity index is 694. The van der Waals surface area contributed by atoms with Crippen molar-refractivity contribution in [2.45, 2.75) is 45.6 Å². The van der Waals surface area contributed by atoms with Crippen molar-refractivity contribution in [3.8, 4) is 0 Å². The fraction of sp³-hybridized carbons (Fsp3) is 0.474. The van der Waals surface area contributed by atoms with Gasteiger partial charge in [0.05, 0.1) is 0 Å². The smallest absolute Gasteiger partial charge is 0.272 e. The normalized spacial score (nSPS) is 13.2. The molecule has 0 fully saturated rings. The van der Waals surface area contributed by atoms with Crippen molar-refractivity contribution in [1.82, 2.24) is 20.8 Å². The molecule has 6 heteroatoms. The van der Waals surface area contributed by atoms with Crippen LogP contribution in [0.15, 0.2) is 24.3 Å². The summed E-state index contributed by atoms with van der Waals surface area (Å²) in [6.07, 6.45) is 2.80. The zero-order chi connectivity index (χ0) is 16.9. The zero-order valence-electron chi connectivity index (χ0n) is 14.9. The number of benzene rings is 1. The number of nitrogens with one attached hydrogen (secondary N) is 3. The van der Waals surface area contributed by atoms with Crippen molar-refractivity contribution < 1.29 is 4.79 Å². The molecule has 25 heavy (non-hydrogen) atoms. The molecule has 1 amide bonds. The molecule has 1 aliphatic rings. The lowest BCUT2D eigenvalue weighted by Crippen LogP contribution is -2.29. The van der Waals surface area contributed by atoms with Gasteiger partial charge in [0.15, 0.2) is 5.69 Å². The highest BCUT2D eigenvalue weighted by molar-refractivity contribution is 5.94. The monoisotopic (exact) mass is 362 g/mol. The largest absolute Gasteiger partial charge is 0.351 e. The van der Waals surface area contributed by atoms with E-state index in [0.29, 0.717) is 18.2 Å². The fourth-order valence-corrected chi connectivity index (χ4v) is 3.06. The maximum absolute atomic E-state index is 12.3. The maximum atomic E-state index is 12.3. The van der Waals surface area contributed by atoms with Gasteiger partial charge in [-0.05, 0) is 29.9 Å². The van der Waals surface area contributed by atoms with Crippen molar-refractivity contribution >= 4 is 18.3 Å². The highest BCUT2D eigenvalue weighted by atomic mass is 35.5. The van der Waals surface area contributed by atoms with Gasteiger partial charge in [0, 0.05) is 37.3 Å². The number of hydrogen-bond acceptors (Lipinski definition) is 3. The second kappa shape index (κ2) is 9.02. The number of rotatable bonds is 6. The van der Waals surface area contributed by atoms with E-state index in [0.717, 1.165) is 43.6 Å². The van der Waals surface area contributed by atoms with Gasteiger partial charge in [-0.3, -0.25) is 9.89 Å². The molecule has 136 valence electrons. The Hall–Kier alpha value is -1.85. The Morgan fingerprint density at radius 2 is 2.04 bits per heavy atom. The minimum atomic E-state index is -0.0774. The van der Waals surface area contributed by atoms with E-state index in [4.69, 9.17) is 0 Å². The molecule has 1 aliphatic heterocycles. The predicted molar refractivity (Wildman–Crippen MR) is 102 cm³/mol. The number of halogens is 1. The van der Waals surface area contributed by atoms with Gasteiger partial charge in [-0.25, -0.2) is 0 Å². The Morgan fingerprint density at radius 1 is 1.28 bits per heavy atom. The molecular formula is C19H27ClN4O. The first-order valence-corrected chi connectivity index (χ1v) is 8.79. The van der Waals surface area contributed by atoms with Gasteiger partial charge >= 0.3 is 0 Å². The van der Waals surface area contributed by atoms with Crippen LogP contribution in [0.1, 0.15) is 59.1 Å². The number of aromatic amines is 1. The number of amides is 1. The van der Waals surface area contributed by atoms with E-state index in [9.17, 15) is 4.79 Å². The topological polar surface area (TPSA) is 69.8 Å². The van der Waals surface area contributed by atoms with Gasteiger partial charge in [0.1, 0.15) is 0 Å². The number of carbonyl (C=O) groups is 1. The maximum Gasteiger partial charge on any atom is 0.272 e. The minimum absolute atomic E-state index is 0. The molecule has 0 bridgehead atoms. The third-order valence-corrected chi connectivity index (χ3v) is 4.60. The standard InChI is InChI=1S/C19H26N4O.ClH/c1-13(2)15-7-5-14(6-8-15)4-3-10-21-19(24)18-16-12-20-11-9-17(16)22-23-18;/h5-8,13,20H,3-4,9-12H2,1-2H3,(H,21,24)(H,22,23);1H. The van der Waals surface area contributed by atoms with Crippen LogP contribution in [-0.4, -0.2) is 29.2 Å². The number of aromatic nitrogens is 2. The summed E-state index contributed by atoms with van der Waals surface area (Å²) >= 11 is 0. The molecule has 0 unspecified atom stereocenters. The summed E-state index contributed by atoms with van der Waals surface area (Å²) < 4.78 is 0. The van der Waals surface area contributed by atoms with Crippen LogP contribution in [0.25, 0.3) is 0 Å². The number of fused-ring (bicyclic) bond motifs is 1. The van der Waals surface area contributed by atoms with Crippen LogP contribution < -0.4 is 10.6 Å². The predicted octanol–water partition coefficient (Wildman–Crippen LogP) is 2.96. The summed E-state index contributed by atoms with van der Waals surface area (Å²) in [6.45, 7) is 6.73. The average molecular weight is 363 g/mol. The second-order valence-electron chi connectivity index (χ2n) is 6.71. The molecule has 0 radical (unpaired) electrons. The molecular weight excluding hydrogens is 336 g/mol. The van der Waals surface area contributed by atoms with Gasteiger partial charge < -0.3 is 10.6 Å². The highest BCUT2D eigenvalue weighted by Crippen LogP contribution is 2.16. The van der Waals surface area contributed by atoms with Gasteiger partial charge in [-0.1, -0.05) is 38.1 Å². The molecule has 0 saturated heterocycles. The van der Waals surface area contributed by atoms with E-state index >= 15 is 0 Å². The Balaban J connectivity index is 0.00000225. The summed E-state index contributed by atoms with van der Waals surface area (Å²) in [5, 5.41) is 13.4. The summed E-state index contributed by atoms with van der Waals surface area (Å²) in [5.74, 6) is 0.485. The van der Waals surface area contributed by atoms with Gasteiger partial charge in [0.2, 0.25) is 0 Å². The van der Waals surface area contributed by atoms with E-state index < -0.39 is 0 Å². The van der Waals surface area contributed by atoms with Crippen LogP contribution in [0.4, 0.5) is 0 Å². The highest BCUT2D eigenvalue weighted by Gasteiger charge is 2.20. The van der Waals surface area contributed by atoms with E-state index in [1.807, 2.05) is 0 Å². The van der Waals surface area contributed by atoms with Gasteiger partial charge in [-0.15, -0.1) is 12.4 Å². The van der Waals surface area contributed by atoms with Crippen LogP contribution >= 0.6 is 12.4 Å². The molecule has 3 rings (SSSR count). The van der Waals surface area contributed by atoms with Gasteiger partial charge in [0.25, 0.3) is 5.91 Å². The molecule has 1 aromatic carbocycles. The van der Waals surface area contributed by atoms with Crippen LogP contribution in [0.5, 0.6) is 0 Å². The summed E-state index contributed by atoms with van der Waals surface area (Å²) in [5.41, 5.74) is 5.32.